The molecule has 0 aliphatic carbocycles. The number of alkyl halides is 1. The van der Waals surface area contributed by atoms with E-state index in [0.717, 1.165) is 16.9 Å². The van der Waals surface area contributed by atoms with Crippen LogP contribution >= 0.6 is 27.5 Å². The number of ether oxygens (including phenoxy) is 1. The van der Waals surface area contributed by atoms with Crippen molar-refractivity contribution in [2.24, 2.45) is 0 Å². The molecule has 2 aromatic rings. The maximum absolute atomic E-state index is 13.3. The summed E-state index contributed by atoms with van der Waals surface area (Å²) in [7, 11) is 1.63. The van der Waals surface area contributed by atoms with E-state index in [0.29, 0.717) is 10.9 Å². The Morgan fingerprint density at radius 1 is 1.21 bits per heavy atom. The first-order chi connectivity index (χ1) is 9.08. The molecule has 0 saturated carbocycles. The van der Waals surface area contributed by atoms with Gasteiger partial charge in [0.05, 0.1) is 12.5 Å². The van der Waals surface area contributed by atoms with Crippen LogP contribution in [0, 0.1) is 5.82 Å². The minimum absolute atomic E-state index is 0.264. The van der Waals surface area contributed by atoms with Crippen LogP contribution in [0.2, 0.25) is 0 Å². The number of methoxy groups -OCH3 is 1. The molecule has 19 heavy (non-hydrogen) atoms. The number of rotatable bonds is 4. The van der Waals surface area contributed by atoms with Crippen LogP contribution in [0.3, 0.4) is 0 Å². The Bertz CT molecular complexity index is 536. The van der Waals surface area contributed by atoms with E-state index in [1.54, 1.807) is 7.11 Å². The molecule has 0 spiro atoms. The Morgan fingerprint density at radius 2 is 1.89 bits per heavy atom. The molecular weight excluding hydrogens is 331 g/mol. The highest BCUT2D eigenvalue weighted by atomic mass is 79.9. The third-order valence-corrected chi connectivity index (χ3v) is 3.68. The quantitative estimate of drug-likeness (QED) is 0.700. The van der Waals surface area contributed by atoms with Crippen molar-refractivity contribution in [3.8, 4) is 5.75 Å². The molecule has 1 unspecified atom stereocenters. The fourth-order valence-corrected chi connectivity index (χ4v) is 2.63. The van der Waals surface area contributed by atoms with Crippen LogP contribution in [0.4, 0.5) is 4.39 Å². The van der Waals surface area contributed by atoms with Crippen molar-refractivity contribution < 1.29 is 9.13 Å². The number of hydrogen-bond donors (Lipinski definition) is 0. The lowest BCUT2D eigenvalue weighted by atomic mass is 10.0. The zero-order valence-corrected chi connectivity index (χ0v) is 12.7. The van der Waals surface area contributed by atoms with Crippen LogP contribution in [0.5, 0.6) is 5.75 Å². The molecule has 1 atom stereocenters. The molecule has 2 rings (SSSR count). The fourth-order valence-electron chi connectivity index (χ4n) is 1.84. The topological polar surface area (TPSA) is 9.23 Å². The fraction of sp³-hybridized carbons (Fsp3) is 0.200. The summed E-state index contributed by atoms with van der Waals surface area (Å²) in [6.45, 7) is 0. The highest BCUT2D eigenvalue weighted by molar-refractivity contribution is 9.10. The summed E-state index contributed by atoms with van der Waals surface area (Å²) in [4.78, 5) is 0. The Kier molecular flexibility index (Phi) is 4.83. The molecule has 0 amide bonds. The van der Waals surface area contributed by atoms with Gasteiger partial charge in [-0.25, -0.2) is 4.39 Å². The summed E-state index contributed by atoms with van der Waals surface area (Å²) in [6.07, 6.45) is 0.640. The van der Waals surface area contributed by atoms with Gasteiger partial charge in [0, 0.05) is 4.47 Å². The minimum atomic E-state index is -0.287. The van der Waals surface area contributed by atoms with E-state index in [2.05, 4.69) is 15.9 Å². The molecule has 100 valence electrons. The molecule has 0 heterocycles. The molecule has 0 aromatic heterocycles. The molecule has 0 saturated heterocycles. The Labute approximate surface area is 125 Å². The number of halogens is 3. The lowest BCUT2D eigenvalue weighted by Gasteiger charge is -2.11. The van der Waals surface area contributed by atoms with Crippen LogP contribution in [-0.4, -0.2) is 7.11 Å². The first kappa shape index (κ1) is 14.4. The second-order valence-corrected chi connectivity index (χ2v) is 5.67. The monoisotopic (exact) mass is 342 g/mol. The Hall–Kier alpha value is -1.06. The molecule has 2 aromatic carbocycles. The highest BCUT2D eigenvalue weighted by Gasteiger charge is 2.11. The summed E-state index contributed by atoms with van der Waals surface area (Å²) in [5, 5.41) is -0.264. The van der Waals surface area contributed by atoms with Gasteiger partial charge in [-0.05, 0) is 47.9 Å². The average molecular weight is 344 g/mol. The normalized spacial score (nSPS) is 12.2. The van der Waals surface area contributed by atoms with Crippen molar-refractivity contribution >= 4 is 27.5 Å². The molecular formula is C15H13BrClFO. The zero-order valence-electron chi connectivity index (χ0n) is 10.4. The maximum Gasteiger partial charge on any atom is 0.124 e. The largest absolute Gasteiger partial charge is 0.497 e. The van der Waals surface area contributed by atoms with E-state index < -0.39 is 0 Å². The summed E-state index contributed by atoms with van der Waals surface area (Å²) >= 11 is 9.61. The molecule has 0 aliphatic rings. The van der Waals surface area contributed by atoms with Gasteiger partial charge in [0.15, 0.2) is 0 Å². The average Bonchev–Trinajstić information content (AvgIpc) is 2.38. The minimum Gasteiger partial charge on any atom is -0.497 e. The summed E-state index contributed by atoms with van der Waals surface area (Å²) < 4.78 is 19.1. The standard InChI is InChI=1S/C15H13BrClFO/c1-19-14-4-2-10(3-5-14)6-15(17)11-7-12(16)9-13(18)8-11/h2-5,7-9,15H,6H2,1H3. The van der Waals surface area contributed by atoms with Gasteiger partial charge in [0.1, 0.15) is 11.6 Å². The van der Waals surface area contributed by atoms with Crippen LogP contribution in [0.25, 0.3) is 0 Å². The third-order valence-electron chi connectivity index (χ3n) is 2.82. The van der Waals surface area contributed by atoms with Gasteiger partial charge < -0.3 is 4.74 Å². The van der Waals surface area contributed by atoms with Crippen LogP contribution < -0.4 is 4.74 Å². The predicted molar refractivity (Wildman–Crippen MR) is 79.4 cm³/mol. The second kappa shape index (κ2) is 6.40. The zero-order chi connectivity index (χ0) is 13.8. The predicted octanol–water partition coefficient (Wildman–Crippen LogP) is 5.12. The van der Waals surface area contributed by atoms with Gasteiger partial charge in [-0.2, -0.15) is 0 Å². The van der Waals surface area contributed by atoms with E-state index >= 15 is 0 Å². The van der Waals surface area contributed by atoms with E-state index in [9.17, 15) is 4.39 Å². The second-order valence-electron chi connectivity index (χ2n) is 4.22. The third kappa shape index (κ3) is 3.95. The summed E-state index contributed by atoms with van der Waals surface area (Å²) in [6, 6.07) is 12.4. The first-order valence-electron chi connectivity index (χ1n) is 5.81. The number of hydrogen-bond acceptors (Lipinski definition) is 1. The van der Waals surface area contributed by atoms with Crippen molar-refractivity contribution in [1.29, 1.82) is 0 Å². The lowest BCUT2D eigenvalue weighted by molar-refractivity contribution is 0.414. The van der Waals surface area contributed by atoms with Crippen LogP contribution in [0.1, 0.15) is 16.5 Å². The van der Waals surface area contributed by atoms with Gasteiger partial charge in [0.25, 0.3) is 0 Å². The molecule has 0 N–H and O–H groups in total. The Balaban J connectivity index is 2.13. The van der Waals surface area contributed by atoms with E-state index in [1.807, 2.05) is 30.3 Å². The van der Waals surface area contributed by atoms with Crippen molar-refractivity contribution in [2.75, 3.05) is 7.11 Å². The highest BCUT2D eigenvalue weighted by Crippen LogP contribution is 2.28. The van der Waals surface area contributed by atoms with Gasteiger partial charge in [-0.3, -0.25) is 0 Å². The van der Waals surface area contributed by atoms with Crippen LogP contribution in [0.15, 0.2) is 46.9 Å². The van der Waals surface area contributed by atoms with E-state index in [-0.39, 0.29) is 11.2 Å². The molecule has 0 bridgehead atoms. The van der Waals surface area contributed by atoms with Crippen molar-refractivity contribution in [1.82, 2.24) is 0 Å². The smallest absolute Gasteiger partial charge is 0.124 e. The maximum atomic E-state index is 13.3. The number of benzene rings is 2. The molecule has 1 nitrogen and oxygen atoms in total. The Morgan fingerprint density at radius 3 is 2.47 bits per heavy atom. The summed E-state index contributed by atoms with van der Waals surface area (Å²) in [5.74, 6) is 0.521. The van der Waals surface area contributed by atoms with Crippen LogP contribution in [-0.2, 0) is 6.42 Å². The lowest BCUT2D eigenvalue weighted by Crippen LogP contribution is -1.97. The molecule has 0 fully saturated rings. The first-order valence-corrected chi connectivity index (χ1v) is 7.04. The van der Waals surface area contributed by atoms with Crippen molar-refractivity contribution in [3.05, 3.63) is 63.9 Å². The van der Waals surface area contributed by atoms with Gasteiger partial charge in [-0.15, -0.1) is 11.6 Å². The van der Waals surface area contributed by atoms with E-state index in [4.69, 9.17) is 16.3 Å². The van der Waals surface area contributed by atoms with E-state index in [1.165, 1.54) is 12.1 Å². The van der Waals surface area contributed by atoms with Gasteiger partial charge >= 0.3 is 0 Å². The van der Waals surface area contributed by atoms with Crippen molar-refractivity contribution in [2.45, 2.75) is 11.8 Å². The van der Waals surface area contributed by atoms with Crippen molar-refractivity contribution in [3.63, 3.8) is 0 Å². The molecule has 4 heteroatoms. The SMILES string of the molecule is COc1ccc(CC(Cl)c2cc(F)cc(Br)c2)cc1. The van der Waals surface area contributed by atoms with Gasteiger partial charge in [-0.1, -0.05) is 28.1 Å². The summed E-state index contributed by atoms with van der Waals surface area (Å²) in [5.41, 5.74) is 1.85. The van der Waals surface area contributed by atoms with Gasteiger partial charge in [0.2, 0.25) is 0 Å². The molecule has 0 aliphatic heterocycles. The molecule has 0 radical (unpaired) electrons.